The van der Waals surface area contributed by atoms with Crippen LogP contribution in [0.25, 0.3) is 11.0 Å². The minimum absolute atomic E-state index is 0.0557. The van der Waals surface area contributed by atoms with Gasteiger partial charge in [-0.1, -0.05) is 0 Å². The number of hydrogen-bond acceptors (Lipinski definition) is 4. The molecule has 0 saturated carbocycles. The van der Waals surface area contributed by atoms with Crippen LogP contribution in [0.4, 0.5) is 0 Å². The number of furan rings is 1. The number of nitrogens with zero attached hydrogens (tertiary/aromatic N) is 1. The van der Waals surface area contributed by atoms with Crippen LogP contribution < -0.4 is 10.6 Å². The van der Waals surface area contributed by atoms with E-state index in [4.69, 9.17) is 4.42 Å². The Morgan fingerprint density at radius 3 is 2.73 bits per heavy atom. The van der Waals surface area contributed by atoms with Crippen molar-refractivity contribution < 1.29 is 14.0 Å². The monoisotopic (exact) mass is 353 g/mol. The molecule has 0 unspecified atom stereocenters. The van der Waals surface area contributed by atoms with E-state index in [1.807, 2.05) is 11.0 Å². The summed E-state index contributed by atoms with van der Waals surface area (Å²) in [4.78, 5) is 26.9. The zero-order valence-electron chi connectivity index (χ0n) is 14.7. The largest absolute Gasteiger partial charge is 0.451 e. The van der Waals surface area contributed by atoms with Crippen molar-refractivity contribution in [1.29, 1.82) is 0 Å². The Labute approximate surface area is 151 Å². The van der Waals surface area contributed by atoms with E-state index in [2.05, 4.69) is 10.6 Å². The third-order valence-corrected chi connectivity index (χ3v) is 6.00. The summed E-state index contributed by atoms with van der Waals surface area (Å²) in [6.07, 6.45) is 5.46. The van der Waals surface area contributed by atoms with Crippen molar-refractivity contribution >= 4 is 22.8 Å². The molecule has 2 aromatic rings. The van der Waals surface area contributed by atoms with Crippen LogP contribution in [0.5, 0.6) is 0 Å². The molecule has 2 bridgehead atoms. The normalized spacial score (nSPS) is 27.4. The lowest BCUT2D eigenvalue weighted by Crippen LogP contribution is -2.42. The summed E-state index contributed by atoms with van der Waals surface area (Å²) >= 11 is 0. The van der Waals surface area contributed by atoms with E-state index in [1.54, 1.807) is 18.2 Å². The van der Waals surface area contributed by atoms with Gasteiger partial charge < -0.3 is 20.0 Å². The smallest absolute Gasteiger partial charge is 0.289 e. The molecule has 3 saturated heterocycles. The van der Waals surface area contributed by atoms with Gasteiger partial charge in [-0.05, 0) is 56.4 Å². The number of benzene rings is 1. The number of amides is 2. The minimum Gasteiger partial charge on any atom is -0.451 e. The van der Waals surface area contributed by atoms with Gasteiger partial charge in [-0.25, -0.2) is 0 Å². The molecule has 3 aliphatic rings. The molecule has 3 fully saturated rings. The first-order chi connectivity index (χ1) is 12.7. The molecule has 3 atom stereocenters. The lowest BCUT2D eigenvalue weighted by molar-refractivity contribution is 0.0763. The molecule has 1 aromatic heterocycles. The van der Waals surface area contributed by atoms with Gasteiger partial charge in [0.05, 0.1) is 0 Å². The van der Waals surface area contributed by atoms with Crippen molar-refractivity contribution in [3.8, 4) is 0 Å². The second-order valence-corrected chi connectivity index (χ2v) is 7.73. The zero-order valence-corrected chi connectivity index (χ0v) is 14.7. The Morgan fingerprint density at radius 1 is 1.15 bits per heavy atom. The predicted molar refractivity (Wildman–Crippen MR) is 97.2 cm³/mol. The fourth-order valence-corrected chi connectivity index (χ4v) is 4.60. The predicted octanol–water partition coefficient (Wildman–Crippen LogP) is 2.29. The van der Waals surface area contributed by atoms with Crippen molar-refractivity contribution in [1.82, 2.24) is 15.5 Å². The molecule has 26 heavy (non-hydrogen) atoms. The summed E-state index contributed by atoms with van der Waals surface area (Å²) in [6, 6.07) is 8.30. The topological polar surface area (TPSA) is 74.6 Å². The quantitative estimate of drug-likeness (QED) is 0.888. The number of hydrogen-bond donors (Lipinski definition) is 2. The Hall–Kier alpha value is -2.34. The zero-order chi connectivity index (χ0) is 17.7. The van der Waals surface area contributed by atoms with E-state index < -0.39 is 0 Å². The highest BCUT2D eigenvalue weighted by molar-refractivity contribution is 6.00. The first-order valence-corrected chi connectivity index (χ1v) is 9.57. The van der Waals surface area contributed by atoms with Crippen LogP contribution in [0.15, 0.2) is 28.7 Å². The van der Waals surface area contributed by atoms with Crippen molar-refractivity contribution in [2.24, 2.45) is 0 Å². The summed E-state index contributed by atoms with van der Waals surface area (Å²) in [7, 11) is 0. The molecule has 0 aliphatic carbocycles. The van der Waals surface area contributed by atoms with Crippen LogP contribution in [0.1, 0.15) is 53.0 Å². The van der Waals surface area contributed by atoms with Crippen molar-refractivity contribution in [2.45, 2.75) is 50.2 Å². The van der Waals surface area contributed by atoms with Crippen LogP contribution in [0.2, 0.25) is 0 Å². The molecule has 5 rings (SSSR count). The molecule has 0 spiro atoms. The van der Waals surface area contributed by atoms with Crippen LogP contribution in [0, 0.1) is 0 Å². The number of fused-ring (bicyclic) bond motifs is 3. The molecular weight excluding hydrogens is 330 g/mol. The first kappa shape index (κ1) is 15.9. The number of carbonyl (C=O) groups is 2. The first-order valence-electron chi connectivity index (χ1n) is 9.57. The van der Waals surface area contributed by atoms with Gasteiger partial charge in [0.25, 0.3) is 11.8 Å². The molecular formula is C20H23N3O3. The average molecular weight is 353 g/mol. The fraction of sp³-hybridized carbons (Fsp3) is 0.500. The van der Waals surface area contributed by atoms with Crippen LogP contribution >= 0.6 is 0 Å². The maximum absolute atomic E-state index is 12.6. The van der Waals surface area contributed by atoms with Crippen molar-refractivity contribution in [3.63, 3.8) is 0 Å². The summed E-state index contributed by atoms with van der Waals surface area (Å²) in [5.74, 6) is 0.245. The number of carbonyl (C=O) groups excluding carboxylic acids is 2. The van der Waals surface area contributed by atoms with E-state index in [9.17, 15) is 9.59 Å². The van der Waals surface area contributed by atoms with Gasteiger partial charge in [0.1, 0.15) is 5.58 Å². The van der Waals surface area contributed by atoms with E-state index in [0.29, 0.717) is 29.0 Å². The van der Waals surface area contributed by atoms with Gasteiger partial charge in [-0.2, -0.15) is 0 Å². The summed E-state index contributed by atoms with van der Waals surface area (Å²) < 4.78 is 5.72. The third kappa shape index (κ3) is 2.69. The lowest BCUT2D eigenvalue weighted by Gasteiger charge is -2.21. The summed E-state index contributed by atoms with van der Waals surface area (Å²) in [6.45, 7) is 1.59. The highest BCUT2D eigenvalue weighted by atomic mass is 16.3. The van der Waals surface area contributed by atoms with Gasteiger partial charge in [-0.15, -0.1) is 0 Å². The number of likely N-dealkylation sites (tertiary alicyclic amines) is 1. The Bertz CT molecular complexity index is 868. The summed E-state index contributed by atoms with van der Waals surface area (Å²) in [5, 5.41) is 7.49. The molecule has 4 heterocycles. The SMILES string of the molecule is O=C(N[C@@H]1C[C@H]2CC[C@@H]1N2)c1ccc2oc(C(=O)N3CCCC3)cc2c1. The second-order valence-electron chi connectivity index (χ2n) is 7.73. The second kappa shape index (κ2) is 6.13. The average Bonchev–Trinajstić information content (AvgIpc) is 3.43. The molecule has 2 N–H and O–H groups in total. The Balaban J connectivity index is 1.34. The minimum atomic E-state index is -0.0576. The van der Waals surface area contributed by atoms with Crippen molar-refractivity contribution in [3.05, 3.63) is 35.6 Å². The van der Waals surface area contributed by atoms with Gasteiger partial charge >= 0.3 is 0 Å². The molecule has 6 nitrogen and oxygen atoms in total. The van der Waals surface area contributed by atoms with E-state index in [1.165, 1.54) is 6.42 Å². The van der Waals surface area contributed by atoms with Gasteiger partial charge in [0.15, 0.2) is 5.76 Å². The fourth-order valence-electron chi connectivity index (χ4n) is 4.60. The molecule has 2 amide bonds. The van der Waals surface area contributed by atoms with Crippen LogP contribution in [-0.2, 0) is 0 Å². The van der Waals surface area contributed by atoms with Gasteiger partial charge in [0.2, 0.25) is 0 Å². The maximum atomic E-state index is 12.6. The van der Waals surface area contributed by atoms with E-state index in [0.717, 1.165) is 44.2 Å². The van der Waals surface area contributed by atoms with Crippen molar-refractivity contribution in [2.75, 3.05) is 13.1 Å². The van der Waals surface area contributed by atoms with Gasteiger partial charge in [-0.3, -0.25) is 9.59 Å². The van der Waals surface area contributed by atoms with Crippen LogP contribution in [-0.4, -0.2) is 47.9 Å². The Kier molecular flexibility index (Phi) is 3.74. The summed E-state index contributed by atoms with van der Waals surface area (Å²) in [5.41, 5.74) is 1.26. The standard InChI is InChI=1S/C20H23N3O3/c24-19(22-16-11-14-4-5-15(16)21-14)12-3-6-17-13(9-12)10-18(26-17)20(25)23-7-1-2-8-23/h3,6,9-10,14-16,21H,1-2,4-5,7-8,11H2,(H,22,24)/t14-,15+,16-/m1/s1. The highest BCUT2D eigenvalue weighted by Crippen LogP contribution is 2.29. The molecule has 3 aliphatic heterocycles. The maximum Gasteiger partial charge on any atom is 0.289 e. The van der Waals surface area contributed by atoms with E-state index >= 15 is 0 Å². The number of rotatable bonds is 3. The third-order valence-electron chi connectivity index (χ3n) is 6.00. The number of nitrogens with one attached hydrogen (secondary N) is 2. The molecule has 0 radical (unpaired) electrons. The van der Waals surface area contributed by atoms with E-state index in [-0.39, 0.29) is 17.9 Å². The molecule has 136 valence electrons. The lowest BCUT2D eigenvalue weighted by atomic mass is 9.95. The Morgan fingerprint density at radius 2 is 2.00 bits per heavy atom. The van der Waals surface area contributed by atoms with Crippen LogP contribution in [0.3, 0.4) is 0 Å². The molecule has 6 heteroatoms. The van der Waals surface area contributed by atoms with Gasteiger partial charge in [0, 0.05) is 42.2 Å². The molecule has 1 aromatic carbocycles. The highest BCUT2D eigenvalue weighted by Gasteiger charge is 2.39.